The van der Waals surface area contributed by atoms with Gasteiger partial charge in [-0.05, 0) is 50.0 Å². The molecule has 0 aromatic rings. The summed E-state index contributed by atoms with van der Waals surface area (Å²) in [5.41, 5.74) is 0. The van der Waals surface area contributed by atoms with Crippen molar-refractivity contribution in [3.63, 3.8) is 0 Å². The zero-order valence-corrected chi connectivity index (χ0v) is 6.34. The summed E-state index contributed by atoms with van der Waals surface area (Å²) in [5.74, 6) is 3.32. The molecule has 3 bridgehead atoms. The Morgan fingerprint density at radius 2 is 1.80 bits per heavy atom. The van der Waals surface area contributed by atoms with Crippen LogP contribution in [0.5, 0.6) is 0 Å². The van der Waals surface area contributed by atoms with Gasteiger partial charge in [0.1, 0.15) is 0 Å². The second-order valence-electron chi connectivity index (χ2n) is 4.43. The standard InChI is InChI=1S/C9H15N/c1-6-2-8-5-10-9(3-6)4-7(1)8/h6-10H,1-5H2. The van der Waals surface area contributed by atoms with Crippen molar-refractivity contribution in [2.24, 2.45) is 17.8 Å². The fourth-order valence-corrected chi connectivity index (χ4v) is 3.42. The maximum Gasteiger partial charge on any atom is 0.00725 e. The van der Waals surface area contributed by atoms with Crippen LogP contribution in [0.2, 0.25) is 0 Å². The van der Waals surface area contributed by atoms with Crippen LogP contribution in [0.1, 0.15) is 25.7 Å². The van der Waals surface area contributed by atoms with Gasteiger partial charge in [0.2, 0.25) is 0 Å². The second-order valence-corrected chi connectivity index (χ2v) is 4.43. The van der Waals surface area contributed by atoms with E-state index in [4.69, 9.17) is 0 Å². The third-order valence-corrected chi connectivity index (χ3v) is 3.81. The molecular formula is C9H15N. The molecule has 0 amide bonds. The molecule has 56 valence electrons. The Morgan fingerprint density at radius 3 is 2.80 bits per heavy atom. The lowest BCUT2D eigenvalue weighted by atomic mass is 9.81. The highest BCUT2D eigenvalue weighted by Gasteiger charge is 2.43. The van der Waals surface area contributed by atoms with E-state index < -0.39 is 0 Å². The Morgan fingerprint density at radius 1 is 0.900 bits per heavy atom. The van der Waals surface area contributed by atoms with E-state index in [1.165, 1.54) is 19.4 Å². The molecule has 0 aromatic carbocycles. The van der Waals surface area contributed by atoms with Gasteiger partial charge in [0, 0.05) is 6.04 Å². The molecule has 1 N–H and O–H groups in total. The minimum atomic E-state index is 0.919. The average Bonchev–Trinajstić information content (AvgIpc) is 2.11. The van der Waals surface area contributed by atoms with Gasteiger partial charge in [0.05, 0.1) is 0 Å². The molecule has 2 saturated carbocycles. The molecule has 2 aliphatic carbocycles. The molecule has 1 aliphatic heterocycles. The first-order chi connectivity index (χ1) is 4.92. The first kappa shape index (κ1) is 5.59. The average molecular weight is 137 g/mol. The van der Waals surface area contributed by atoms with Crippen LogP contribution in [0, 0.1) is 17.8 Å². The highest BCUT2D eigenvalue weighted by Crippen LogP contribution is 2.48. The quantitative estimate of drug-likeness (QED) is 0.532. The van der Waals surface area contributed by atoms with Crippen molar-refractivity contribution in [3.8, 4) is 0 Å². The highest BCUT2D eigenvalue weighted by atomic mass is 15.0. The van der Waals surface area contributed by atoms with E-state index in [-0.39, 0.29) is 0 Å². The van der Waals surface area contributed by atoms with E-state index in [1.807, 2.05) is 0 Å². The van der Waals surface area contributed by atoms with Gasteiger partial charge in [0.25, 0.3) is 0 Å². The van der Waals surface area contributed by atoms with E-state index in [1.54, 1.807) is 12.8 Å². The summed E-state index contributed by atoms with van der Waals surface area (Å²) in [6, 6.07) is 0.919. The van der Waals surface area contributed by atoms with E-state index in [0.29, 0.717) is 0 Å². The molecule has 3 fully saturated rings. The third-order valence-electron chi connectivity index (χ3n) is 3.81. The van der Waals surface area contributed by atoms with Gasteiger partial charge >= 0.3 is 0 Å². The smallest absolute Gasteiger partial charge is 0.00725 e. The van der Waals surface area contributed by atoms with Crippen LogP contribution >= 0.6 is 0 Å². The maximum absolute atomic E-state index is 3.64. The fourth-order valence-electron chi connectivity index (χ4n) is 3.42. The Balaban J connectivity index is 1.94. The number of piperidine rings is 1. The highest BCUT2D eigenvalue weighted by molar-refractivity contribution is 4.98. The zero-order valence-electron chi connectivity index (χ0n) is 6.34. The molecule has 3 aliphatic rings. The predicted molar refractivity (Wildman–Crippen MR) is 40.7 cm³/mol. The van der Waals surface area contributed by atoms with Gasteiger partial charge < -0.3 is 5.32 Å². The van der Waals surface area contributed by atoms with Crippen LogP contribution in [0.3, 0.4) is 0 Å². The van der Waals surface area contributed by atoms with Crippen LogP contribution in [-0.2, 0) is 0 Å². The molecule has 1 heterocycles. The summed E-state index contributed by atoms with van der Waals surface area (Å²) in [5, 5.41) is 3.64. The molecule has 1 nitrogen and oxygen atoms in total. The Bertz CT molecular complexity index is 145. The normalized spacial score (nSPS) is 57.6. The number of nitrogens with one attached hydrogen (secondary N) is 1. The minimum Gasteiger partial charge on any atom is -0.314 e. The minimum absolute atomic E-state index is 0.919. The van der Waals surface area contributed by atoms with Crippen molar-refractivity contribution in [2.75, 3.05) is 6.54 Å². The van der Waals surface area contributed by atoms with Gasteiger partial charge in [0.15, 0.2) is 0 Å². The number of hydrogen-bond acceptors (Lipinski definition) is 1. The summed E-state index contributed by atoms with van der Waals surface area (Å²) < 4.78 is 0. The monoisotopic (exact) mass is 137 g/mol. The SMILES string of the molecule is C1C2CC3CNC1CC3C2. The van der Waals surface area contributed by atoms with Gasteiger partial charge in [-0.1, -0.05) is 0 Å². The van der Waals surface area contributed by atoms with E-state index >= 15 is 0 Å². The van der Waals surface area contributed by atoms with Crippen LogP contribution in [0.25, 0.3) is 0 Å². The first-order valence-electron chi connectivity index (χ1n) is 4.65. The fraction of sp³-hybridized carbons (Fsp3) is 1.00. The molecule has 1 heteroatoms. The Kier molecular flexibility index (Phi) is 0.984. The van der Waals surface area contributed by atoms with Crippen molar-refractivity contribution >= 4 is 0 Å². The number of fused-ring (bicyclic) bond motifs is 2. The van der Waals surface area contributed by atoms with Crippen molar-refractivity contribution in [1.82, 2.24) is 5.32 Å². The van der Waals surface area contributed by atoms with E-state index in [2.05, 4.69) is 5.32 Å². The zero-order chi connectivity index (χ0) is 6.55. The predicted octanol–water partition coefficient (Wildman–Crippen LogP) is 1.39. The molecule has 4 atom stereocenters. The Hall–Kier alpha value is -0.0400. The lowest BCUT2D eigenvalue weighted by Gasteiger charge is -2.34. The molecule has 3 rings (SSSR count). The lowest BCUT2D eigenvalue weighted by Crippen LogP contribution is -2.42. The topological polar surface area (TPSA) is 12.0 Å². The van der Waals surface area contributed by atoms with Crippen LogP contribution in [0.15, 0.2) is 0 Å². The molecule has 0 spiro atoms. The lowest BCUT2D eigenvalue weighted by molar-refractivity contribution is 0.211. The van der Waals surface area contributed by atoms with Crippen molar-refractivity contribution < 1.29 is 0 Å². The molecule has 1 saturated heterocycles. The molecule has 10 heavy (non-hydrogen) atoms. The Labute approximate surface area is 62.2 Å². The molecule has 0 aromatic heterocycles. The van der Waals surface area contributed by atoms with Crippen molar-refractivity contribution in [2.45, 2.75) is 31.7 Å². The second kappa shape index (κ2) is 1.76. The number of hydrogen-bond donors (Lipinski definition) is 1. The van der Waals surface area contributed by atoms with Gasteiger partial charge in [-0.25, -0.2) is 0 Å². The van der Waals surface area contributed by atoms with Crippen molar-refractivity contribution in [1.29, 1.82) is 0 Å². The molecular weight excluding hydrogens is 122 g/mol. The van der Waals surface area contributed by atoms with Crippen LogP contribution in [-0.4, -0.2) is 12.6 Å². The number of rotatable bonds is 0. The van der Waals surface area contributed by atoms with Crippen LogP contribution < -0.4 is 5.32 Å². The van der Waals surface area contributed by atoms with E-state index in [9.17, 15) is 0 Å². The maximum atomic E-state index is 3.64. The first-order valence-corrected chi connectivity index (χ1v) is 4.65. The van der Waals surface area contributed by atoms with Crippen LogP contribution in [0.4, 0.5) is 0 Å². The summed E-state index contributed by atoms with van der Waals surface area (Å²) in [7, 11) is 0. The van der Waals surface area contributed by atoms with Gasteiger partial charge in [-0.2, -0.15) is 0 Å². The van der Waals surface area contributed by atoms with E-state index in [0.717, 1.165) is 23.8 Å². The van der Waals surface area contributed by atoms with Gasteiger partial charge in [-0.3, -0.25) is 0 Å². The third kappa shape index (κ3) is 0.619. The summed E-state index contributed by atoms with van der Waals surface area (Å²) in [6.45, 7) is 1.34. The summed E-state index contributed by atoms with van der Waals surface area (Å²) in [6.07, 6.45) is 6.12. The van der Waals surface area contributed by atoms with Gasteiger partial charge in [-0.15, -0.1) is 0 Å². The largest absolute Gasteiger partial charge is 0.314 e. The van der Waals surface area contributed by atoms with Crippen molar-refractivity contribution in [3.05, 3.63) is 0 Å². The summed E-state index contributed by atoms with van der Waals surface area (Å²) >= 11 is 0. The summed E-state index contributed by atoms with van der Waals surface area (Å²) in [4.78, 5) is 0. The molecule has 0 radical (unpaired) electrons. The molecule has 4 unspecified atom stereocenters.